The van der Waals surface area contributed by atoms with Crippen LogP contribution >= 0.6 is 0 Å². The molecule has 1 aromatic carbocycles. The number of hydrogen-bond donors (Lipinski definition) is 1. The van der Waals surface area contributed by atoms with Crippen LogP contribution in [0.2, 0.25) is 0 Å². The fourth-order valence-corrected chi connectivity index (χ4v) is 3.62. The summed E-state index contributed by atoms with van der Waals surface area (Å²) in [5, 5.41) is 9.18. The van der Waals surface area contributed by atoms with Crippen LogP contribution in [0.1, 0.15) is 17.7 Å². The smallest absolute Gasteiger partial charge is 0.425 e. The van der Waals surface area contributed by atoms with Crippen LogP contribution < -0.4 is 20.7 Å². The van der Waals surface area contributed by atoms with Gasteiger partial charge >= 0.3 is 18.1 Å². The molecule has 0 saturated heterocycles. The van der Waals surface area contributed by atoms with Gasteiger partial charge in [-0.25, -0.2) is 4.79 Å². The fraction of sp³-hybridized carbons (Fsp3) is 0.304. The molecule has 0 bridgehead atoms. The van der Waals surface area contributed by atoms with Crippen LogP contribution in [-0.2, 0) is 20.1 Å². The first-order valence-electron chi connectivity index (χ1n) is 10.8. The first-order chi connectivity index (χ1) is 17.1. The number of aliphatic hydroxyl groups is 1. The van der Waals surface area contributed by atoms with Gasteiger partial charge in [-0.05, 0) is 37.1 Å². The first-order valence-corrected chi connectivity index (χ1v) is 10.8. The Balaban J connectivity index is 1.87. The van der Waals surface area contributed by atoms with Gasteiger partial charge in [-0.3, -0.25) is 23.5 Å². The van der Waals surface area contributed by atoms with Gasteiger partial charge in [0.2, 0.25) is 0 Å². The average molecular weight is 505 g/mol. The van der Waals surface area contributed by atoms with Crippen molar-refractivity contribution in [3.63, 3.8) is 0 Å². The summed E-state index contributed by atoms with van der Waals surface area (Å²) in [6, 6.07) is 8.31. The third-order valence-electron chi connectivity index (χ3n) is 5.30. The summed E-state index contributed by atoms with van der Waals surface area (Å²) in [6.45, 7) is 1.66. The van der Waals surface area contributed by atoms with Crippen LogP contribution in [0.15, 0.2) is 52.2 Å². The van der Waals surface area contributed by atoms with Gasteiger partial charge < -0.3 is 14.6 Å². The van der Waals surface area contributed by atoms with Crippen molar-refractivity contribution < 1.29 is 27.8 Å². The summed E-state index contributed by atoms with van der Waals surface area (Å²) in [4.78, 5) is 34.7. The number of benzene rings is 1. The highest BCUT2D eigenvalue weighted by Gasteiger charge is 2.31. The number of rotatable bonds is 8. The van der Waals surface area contributed by atoms with E-state index < -0.39 is 23.4 Å². The molecule has 10 nitrogen and oxygen atoms in total. The molecule has 3 aromatic heterocycles. The Morgan fingerprint density at radius 3 is 2.50 bits per heavy atom. The summed E-state index contributed by atoms with van der Waals surface area (Å²) in [7, 11) is 1.44. The number of pyridine rings is 1. The maximum Gasteiger partial charge on any atom is 0.573 e. The lowest BCUT2D eigenvalue weighted by molar-refractivity contribution is -0.274. The highest BCUT2D eigenvalue weighted by Crippen LogP contribution is 2.30. The molecule has 3 heterocycles. The minimum absolute atomic E-state index is 0.0117. The van der Waals surface area contributed by atoms with E-state index in [0.29, 0.717) is 5.56 Å². The molecule has 0 aliphatic carbocycles. The van der Waals surface area contributed by atoms with Gasteiger partial charge in [-0.15, -0.1) is 13.2 Å². The van der Waals surface area contributed by atoms with Gasteiger partial charge in [0, 0.05) is 38.2 Å². The zero-order valence-electron chi connectivity index (χ0n) is 19.3. The Morgan fingerprint density at radius 2 is 1.83 bits per heavy atom. The number of aromatic nitrogens is 5. The Bertz CT molecular complexity index is 1510. The van der Waals surface area contributed by atoms with E-state index >= 15 is 0 Å². The number of hydrogen-bond acceptors (Lipinski definition) is 7. The van der Waals surface area contributed by atoms with Crippen molar-refractivity contribution in [1.29, 1.82) is 0 Å². The number of halogens is 3. The third kappa shape index (κ3) is 5.25. The molecule has 0 aliphatic rings. The molecular weight excluding hydrogens is 483 g/mol. The molecule has 0 fully saturated rings. The molecule has 4 aromatic rings. The molecule has 0 aliphatic heterocycles. The molecule has 0 amide bonds. The molecule has 0 spiro atoms. The Labute approximate surface area is 201 Å². The second-order valence-corrected chi connectivity index (χ2v) is 7.96. The minimum atomic E-state index is -4.89. The number of alkyl halides is 3. The van der Waals surface area contributed by atoms with Crippen molar-refractivity contribution in [2.24, 2.45) is 7.05 Å². The van der Waals surface area contributed by atoms with Crippen LogP contribution in [0, 0.1) is 6.92 Å². The van der Waals surface area contributed by atoms with Crippen LogP contribution in [0.3, 0.4) is 0 Å². The van der Waals surface area contributed by atoms with Gasteiger partial charge in [0.25, 0.3) is 5.56 Å². The molecule has 4 rings (SSSR count). The molecule has 190 valence electrons. The lowest BCUT2D eigenvalue weighted by Gasteiger charge is -2.12. The summed E-state index contributed by atoms with van der Waals surface area (Å²) in [6.07, 6.45) is -3.09. The molecule has 0 atom stereocenters. The summed E-state index contributed by atoms with van der Waals surface area (Å²) in [5.41, 5.74) is 0.277. The van der Waals surface area contributed by atoms with E-state index in [2.05, 4.69) is 14.7 Å². The van der Waals surface area contributed by atoms with Crippen molar-refractivity contribution in [2.45, 2.75) is 32.8 Å². The normalized spacial score (nSPS) is 11.7. The Kier molecular flexibility index (Phi) is 6.84. The van der Waals surface area contributed by atoms with E-state index in [4.69, 9.17) is 4.74 Å². The number of ether oxygens (including phenoxy) is 2. The zero-order chi connectivity index (χ0) is 26.0. The highest BCUT2D eigenvalue weighted by atomic mass is 19.4. The lowest BCUT2D eigenvalue weighted by atomic mass is 10.2. The Hall–Kier alpha value is -4.13. The van der Waals surface area contributed by atoms with Crippen molar-refractivity contribution in [3.05, 3.63) is 74.7 Å². The van der Waals surface area contributed by atoms with Crippen molar-refractivity contribution in [3.8, 4) is 17.5 Å². The summed E-state index contributed by atoms with van der Waals surface area (Å²) >= 11 is 0. The van der Waals surface area contributed by atoms with Crippen molar-refractivity contribution in [2.75, 3.05) is 6.61 Å². The van der Waals surface area contributed by atoms with Gasteiger partial charge in [-0.1, -0.05) is 12.1 Å². The highest BCUT2D eigenvalue weighted by molar-refractivity contribution is 5.72. The maximum absolute atomic E-state index is 13.3. The third-order valence-corrected chi connectivity index (χ3v) is 5.30. The molecule has 36 heavy (non-hydrogen) atoms. The van der Waals surface area contributed by atoms with Crippen LogP contribution in [-0.4, -0.2) is 41.7 Å². The Morgan fingerprint density at radius 1 is 1.08 bits per heavy atom. The fourth-order valence-electron chi connectivity index (χ4n) is 3.62. The van der Waals surface area contributed by atoms with Crippen LogP contribution in [0.25, 0.3) is 11.2 Å². The van der Waals surface area contributed by atoms with E-state index in [1.54, 1.807) is 18.3 Å². The van der Waals surface area contributed by atoms with Crippen molar-refractivity contribution in [1.82, 2.24) is 23.7 Å². The van der Waals surface area contributed by atoms with E-state index in [-0.39, 0.29) is 49.0 Å². The van der Waals surface area contributed by atoms with E-state index in [9.17, 15) is 27.9 Å². The molecular formula is C23H22F3N5O5. The number of aliphatic hydroxyl groups excluding tert-OH is 1. The predicted molar refractivity (Wildman–Crippen MR) is 122 cm³/mol. The van der Waals surface area contributed by atoms with Gasteiger partial charge in [-0.2, -0.15) is 4.98 Å². The standard InChI is InChI=1S/C23H22F3N5O5/c1-14-7-8-15(12-27-14)13-31-18-19(29(2)22(34)30(20(18)33)9-4-10-32)28-21(31)35-16-5-3-6-17(11-16)36-23(24,25)26/h3,5-8,11-12,32H,4,9-10,13H2,1-2H3. The molecule has 0 saturated carbocycles. The second-order valence-electron chi connectivity index (χ2n) is 7.96. The second kappa shape index (κ2) is 9.85. The molecule has 0 radical (unpaired) electrons. The number of fused-ring (bicyclic) bond motifs is 1. The largest absolute Gasteiger partial charge is 0.573 e. The first kappa shape index (κ1) is 25.0. The van der Waals surface area contributed by atoms with E-state index in [0.717, 1.165) is 22.4 Å². The summed E-state index contributed by atoms with van der Waals surface area (Å²) < 4.78 is 51.3. The van der Waals surface area contributed by atoms with Crippen LogP contribution in [0.4, 0.5) is 13.2 Å². The maximum atomic E-state index is 13.3. The minimum Gasteiger partial charge on any atom is -0.425 e. The van der Waals surface area contributed by atoms with Gasteiger partial charge in [0.1, 0.15) is 11.5 Å². The number of aryl methyl sites for hydroxylation is 2. The SMILES string of the molecule is Cc1ccc(Cn2c(Oc3cccc(OC(F)(F)F)c3)nc3c2c(=O)n(CCCO)c(=O)n3C)cn1. The number of nitrogens with zero attached hydrogens (tertiary/aromatic N) is 5. The average Bonchev–Trinajstić information content (AvgIpc) is 3.16. The predicted octanol–water partition coefficient (Wildman–Crippen LogP) is 2.72. The summed E-state index contributed by atoms with van der Waals surface area (Å²) in [5.74, 6) is -0.523. The van der Waals surface area contributed by atoms with Gasteiger partial charge in [0.05, 0.1) is 6.54 Å². The molecule has 13 heteroatoms. The van der Waals surface area contributed by atoms with Crippen LogP contribution in [0.5, 0.6) is 17.5 Å². The van der Waals surface area contributed by atoms with Gasteiger partial charge in [0.15, 0.2) is 11.2 Å². The topological polar surface area (TPSA) is 113 Å². The lowest BCUT2D eigenvalue weighted by Crippen LogP contribution is -2.39. The van der Waals surface area contributed by atoms with Crippen molar-refractivity contribution >= 4 is 11.2 Å². The molecule has 1 N–H and O–H groups in total. The zero-order valence-corrected chi connectivity index (χ0v) is 19.3. The quantitative estimate of drug-likeness (QED) is 0.392. The monoisotopic (exact) mass is 505 g/mol. The van der Waals surface area contributed by atoms with E-state index in [1.165, 1.54) is 28.3 Å². The molecule has 0 unspecified atom stereocenters. The number of imidazole rings is 1. The van der Waals surface area contributed by atoms with E-state index in [1.807, 2.05) is 6.92 Å².